The fraction of sp³-hybridized carbons (Fsp3) is 0.250. The van der Waals surface area contributed by atoms with E-state index in [-0.39, 0.29) is 12.0 Å². The highest BCUT2D eigenvalue weighted by Crippen LogP contribution is 2.31. The maximum atomic E-state index is 7.70. The molecule has 0 saturated carbocycles. The second-order valence-corrected chi connectivity index (χ2v) is 8.12. The Labute approximate surface area is 176 Å². The molecule has 30 heavy (non-hydrogen) atoms. The van der Waals surface area contributed by atoms with Gasteiger partial charge in [-0.1, -0.05) is 40.7 Å². The Bertz CT molecular complexity index is 1150. The van der Waals surface area contributed by atoms with Crippen LogP contribution in [0.25, 0.3) is 22.0 Å². The molecular formula is C20H20N8OS. The Morgan fingerprint density at radius 1 is 1.27 bits per heavy atom. The summed E-state index contributed by atoms with van der Waals surface area (Å²) in [5.41, 5.74) is 8.52. The number of nitrogens with zero attached hydrogens (tertiary/aromatic N) is 6. The van der Waals surface area contributed by atoms with Crippen LogP contribution in [0.3, 0.4) is 0 Å². The van der Waals surface area contributed by atoms with Crippen LogP contribution in [-0.2, 0) is 6.54 Å². The summed E-state index contributed by atoms with van der Waals surface area (Å²) in [6.07, 6.45) is 3.76. The summed E-state index contributed by atoms with van der Waals surface area (Å²) in [4.78, 5) is 7.44. The molecule has 1 atom stereocenters. The molecule has 1 saturated heterocycles. The zero-order valence-corrected chi connectivity index (χ0v) is 16.9. The summed E-state index contributed by atoms with van der Waals surface area (Å²) >= 11 is 1.65. The van der Waals surface area contributed by atoms with Crippen molar-refractivity contribution >= 4 is 17.3 Å². The van der Waals surface area contributed by atoms with E-state index in [1.807, 2.05) is 52.7 Å². The van der Waals surface area contributed by atoms with Crippen molar-refractivity contribution < 1.29 is 4.52 Å². The molecule has 0 bridgehead atoms. The van der Waals surface area contributed by atoms with Crippen LogP contribution in [-0.4, -0.2) is 42.5 Å². The molecule has 3 aromatic heterocycles. The third kappa shape index (κ3) is 3.57. The molecule has 9 nitrogen and oxygen atoms in total. The van der Waals surface area contributed by atoms with Crippen LogP contribution in [0, 0.1) is 5.41 Å². The molecule has 4 aromatic rings. The van der Waals surface area contributed by atoms with Crippen LogP contribution < -0.4 is 5.73 Å². The standard InChI is InChI=1S/C20H20N8OS/c21-20(22)28-9-1-3-16(28)19-23-18(25-29-19)14-7-5-13(6-8-14)11-27-12-15(24-26-27)17-4-2-10-30-17/h2,4-8,10,12,16H,1,3,9,11H2,(H3,21,22)/t16-/m0/s1. The highest BCUT2D eigenvalue weighted by atomic mass is 32.1. The zero-order valence-electron chi connectivity index (χ0n) is 16.1. The largest absolute Gasteiger partial charge is 0.370 e. The summed E-state index contributed by atoms with van der Waals surface area (Å²) in [6.45, 7) is 1.37. The van der Waals surface area contributed by atoms with Crippen molar-refractivity contribution in [2.24, 2.45) is 5.73 Å². The van der Waals surface area contributed by atoms with Crippen molar-refractivity contribution in [2.75, 3.05) is 6.54 Å². The number of benzene rings is 1. The Morgan fingerprint density at radius 2 is 2.13 bits per heavy atom. The summed E-state index contributed by atoms with van der Waals surface area (Å²) in [6, 6.07) is 11.9. The lowest BCUT2D eigenvalue weighted by atomic mass is 10.1. The number of thiophene rings is 1. The van der Waals surface area contributed by atoms with Crippen molar-refractivity contribution in [1.82, 2.24) is 30.0 Å². The molecule has 10 heteroatoms. The van der Waals surface area contributed by atoms with Gasteiger partial charge in [0.1, 0.15) is 11.7 Å². The second kappa shape index (κ2) is 7.71. The number of likely N-dealkylation sites (tertiary alicyclic amines) is 1. The van der Waals surface area contributed by atoms with Crippen LogP contribution >= 0.6 is 11.3 Å². The van der Waals surface area contributed by atoms with Crippen LogP contribution in [0.4, 0.5) is 0 Å². The fourth-order valence-corrected chi connectivity index (χ4v) is 4.33. The topological polar surface area (TPSA) is 123 Å². The van der Waals surface area contributed by atoms with Crippen molar-refractivity contribution in [3.8, 4) is 22.0 Å². The van der Waals surface area contributed by atoms with Gasteiger partial charge in [0.2, 0.25) is 11.7 Å². The SMILES string of the molecule is N=C(N)N1CCC[C@H]1c1nc(-c2ccc(Cn3cc(-c4cccs4)nn3)cc2)no1. The van der Waals surface area contributed by atoms with E-state index in [1.54, 1.807) is 16.2 Å². The molecule has 0 spiro atoms. The average molecular weight is 421 g/mol. The summed E-state index contributed by atoms with van der Waals surface area (Å²) < 4.78 is 7.30. The first kappa shape index (κ1) is 18.5. The van der Waals surface area contributed by atoms with Gasteiger partial charge in [-0.05, 0) is 29.9 Å². The van der Waals surface area contributed by atoms with Gasteiger partial charge in [-0.2, -0.15) is 4.98 Å². The summed E-state index contributed by atoms with van der Waals surface area (Å²) in [7, 11) is 0. The third-order valence-corrected chi connectivity index (χ3v) is 6.05. The van der Waals surface area contributed by atoms with Gasteiger partial charge in [-0.3, -0.25) is 5.41 Å². The maximum Gasteiger partial charge on any atom is 0.249 e. The molecule has 1 aliphatic heterocycles. The Hall–Kier alpha value is -3.53. The van der Waals surface area contributed by atoms with Crippen molar-refractivity contribution in [3.63, 3.8) is 0 Å². The molecule has 3 N–H and O–H groups in total. The van der Waals surface area contributed by atoms with Gasteiger partial charge in [-0.25, -0.2) is 4.68 Å². The molecule has 5 rings (SSSR count). The lowest BCUT2D eigenvalue weighted by Gasteiger charge is -2.21. The number of rotatable bonds is 5. The number of nitrogens with one attached hydrogen (secondary N) is 1. The van der Waals surface area contributed by atoms with Crippen molar-refractivity contribution in [2.45, 2.75) is 25.4 Å². The normalized spacial score (nSPS) is 16.3. The quantitative estimate of drug-likeness (QED) is 0.375. The number of aromatic nitrogens is 5. The van der Waals surface area contributed by atoms with Crippen LogP contribution in [0.5, 0.6) is 0 Å². The number of nitrogens with two attached hydrogens (primary N) is 1. The van der Waals surface area contributed by atoms with Gasteiger partial charge < -0.3 is 15.2 Å². The summed E-state index contributed by atoms with van der Waals surface area (Å²) in [5.74, 6) is 1.08. The second-order valence-electron chi connectivity index (χ2n) is 7.17. The number of hydrogen-bond acceptors (Lipinski definition) is 7. The van der Waals surface area contributed by atoms with Gasteiger partial charge in [0, 0.05) is 12.1 Å². The predicted molar refractivity (Wildman–Crippen MR) is 113 cm³/mol. The molecule has 0 amide bonds. The van der Waals surface area contributed by atoms with Crippen LogP contribution in [0.1, 0.15) is 30.3 Å². The van der Waals surface area contributed by atoms with E-state index in [2.05, 4.69) is 20.5 Å². The Balaban J connectivity index is 1.29. The first-order valence-corrected chi connectivity index (χ1v) is 10.5. The van der Waals surface area contributed by atoms with E-state index in [0.717, 1.165) is 41.1 Å². The van der Waals surface area contributed by atoms with E-state index in [1.165, 1.54) is 0 Å². The van der Waals surface area contributed by atoms with Gasteiger partial charge >= 0.3 is 0 Å². The first-order valence-electron chi connectivity index (χ1n) is 9.65. The molecule has 0 radical (unpaired) electrons. The molecule has 1 fully saturated rings. The number of hydrogen-bond donors (Lipinski definition) is 2. The van der Waals surface area contributed by atoms with Crippen LogP contribution in [0.15, 0.2) is 52.5 Å². The van der Waals surface area contributed by atoms with E-state index in [4.69, 9.17) is 15.7 Å². The van der Waals surface area contributed by atoms with Gasteiger partial charge in [0.25, 0.3) is 0 Å². The fourth-order valence-electron chi connectivity index (χ4n) is 3.66. The average Bonchev–Trinajstić information content (AvgIpc) is 3.55. The van der Waals surface area contributed by atoms with Crippen LogP contribution in [0.2, 0.25) is 0 Å². The van der Waals surface area contributed by atoms with Gasteiger partial charge in [0.15, 0.2) is 5.96 Å². The number of guanidine groups is 1. The molecule has 152 valence electrons. The molecule has 0 aliphatic carbocycles. The smallest absolute Gasteiger partial charge is 0.249 e. The van der Waals surface area contributed by atoms with Gasteiger partial charge in [0.05, 0.1) is 17.6 Å². The minimum absolute atomic E-state index is 0.0388. The van der Waals surface area contributed by atoms with Crippen molar-refractivity contribution in [3.05, 3.63) is 59.4 Å². The molecule has 4 heterocycles. The lowest BCUT2D eigenvalue weighted by molar-refractivity contribution is 0.283. The van der Waals surface area contributed by atoms with Gasteiger partial charge in [-0.15, -0.1) is 16.4 Å². The molecule has 0 unspecified atom stereocenters. The highest BCUT2D eigenvalue weighted by molar-refractivity contribution is 7.13. The highest BCUT2D eigenvalue weighted by Gasteiger charge is 2.31. The van der Waals surface area contributed by atoms with E-state index >= 15 is 0 Å². The lowest BCUT2D eigenvalue weighted by Crippen LogP contribution is -2.35. The Kier molecular flexibility index (Phi) is 4.75. The molecule has 1 aliphatic rings. The minimum Gasteiger partial charge on any atom is -0.370 e. The molecule has 1 aromatic carbocycles. The van der Waals surface area contributed by atoms with E-state index in [9.17, 15) is 0 Å². The summed E-state index contributed by atoms with van der Waals surface area (Å²) in [5, 5.41) is 22.3. The predicted octanol–water partition coefficient (Wildman–Crippen LogP) is 3.14. The van der Waals surface area contributed by atoms with E-state index < -0.39 is 0 Å². The van der Waals surface area contributed by atoms with E-state index in [0.29, 0.717) is 18.3 Å². The zero-order chi connectivity index (χ0) is 20.5. The first-order chi connectivity index (χ1) is 14.7. The maximum absolute atomic E-state index is 7.70. The minimum atomic E-state index is -0.118. The monoisotopic (exact) mass is 420 g/mol. The third-order valence-electron chi connectivity index (χ3n) is 5.16. The van der Waals surface area contributed by atoms with Crippen molar-refractivity contribution in [1.29, 1.82) is 5.41 Å². The Morgan fingerprint density at radius 3 is 2.90 bits per heavy atom. The molecular weight excluding hydrogens is 400 g/mol.